The molecular weight excluding hydrogens is 516 g/mol. The molecule has 13 heteroatoms. The van der Waals surface area contributed by atoms with Crippen LogP contribution in [0.1, 0.15) is 31.9 Å². The number of benzene rings is 1. The molecule has 7 nitrogen and oxygen atoms in total. The highest BCUT2D eigenvalue weighted by Gasteiger charge is 2.35. The Hall–Kier alpha value is -2.31. The summed E-state index contributed by atoms with van der Waals surface area (Å²) in [6.07, 6.45) is -2.87. The van der Waals surface area contributed by atoms with E-state index in [0.29, 0.717) is 19.6 Å². The van der Waals surface area contributed by atoms with Gasteiger partial charge >= 0.3 is 17.8 Å². The number of alkyl halides is 3. The molecule has 0 saturated carbocycles. The van der Waals surface area contributed by atoms with Gasteiger partial charge in [0.1, 0.15) is 16.8 Å². The third-order valence-electron chi connectivity index (χ3n) is 5.47. The minimum atomic E-state index is -4.95. The molecule has 35 heavy (non-hydrogen) atoms. The summed E-state index contributed by atoms with van der Waals surface area (Å²) in [6.45, 7) is 3.10. The standard InChI is InChI=1S/C22H23ClF4N2O5S/c1-3-16(20(31)34-11-12-5-4-6-33-10-12)35-17-8-15(14(24)7-13(17)23)29-19(30)9-18(22(25,26)27)28(2)21(29)32/h7-9,12,16H,3-6,10-11H2,1-2H3. The molecule has 1 aliphatic rings. The zero-order valence-corrected chi connectivity index (χ0v) is 20.4. The van der Waals surface area contributed by atoms with Crippen molar-refractivity contribution in [2.24, 2.45) is 13.0 Å². The molecule has 2 heterocycles. The highest BCUT2D eigenvalue weighted by molar-refractivity contribution is 8.00. The van der Waals surface area contributed by atoms with Crippen molar-refractivity contribution >= 4 is 29.3 Å². The van der Waals surface area contributed by atoms with Crippen LogP contribution in [0.25, 0.3) is 5.69 Å². The highest BCUT2D eigenvalue weighted by Crippen LogP contribution is 2.35. The fourth-order valence-corrected chi connectivity index (χ4v) is 4.86. The van der Waals surface area contributed by atoms with Crippen LogP contribution >= 0.6 is 23.4 Å². The van der Waals surface area contributed by atoms with Gasteiger partial charge < -0.3 is 9.47 Å². The molecule has 0 bridgehead atoms. The summed E-state index contributed by atoms with van der Waals surface area (Å²) in [6, 6.07) is 2.10. The van der Waals surface area contributed by atoms with Crippen LogP contribution in [0.15, 0.2) is 32.7 Å². The Morgan fingerprint density at radius 1 is 1.31 bits per heavy atom. The first-order valence-corrected chi connectivity index (χ1v) is 12.0. The van der Waals surface area contributed by atoms with E-state index in [1.54, 1.807) is 6.92 Å². The average Bonchev–Trinajstić information content (AvgIpc) is 2.80. The van der Waals surface area contributed by atoms with Crippen LogP contribution in [0.5, 0.6) is 0 Å². The second kappa shape index (κ2) is 11.2. The number of rotatable bonds is 7. The average molecular weight is 539 g/mol. The van der Waals surface area contributed by atoms with E-state index in [1.165, 1.54) is 0 Å². The molecule has 1 aliphatic heterocycles. The van der Waals surface area contributed by atoms with E-state index in [4.69, 9.17) is 21.1 Å². The molecule has 0 spiro atoms. The number of halogens is 5. The summed E-state index contributed by atoms with van der Waals surface area (Å²) in [5, 5.41) is -0.831. The van der Waals surface area contributed by atoms with Gasteiger partial charge in [-0.05, 0) is 31.4 Å². The Morgan fingerprint density at radius 2 is 2.03 bits per heavy atom. The van der Waals surface area contributed by atoms with Crippen molar-refractivity contribution in [2.45, 2.75) is 42.5 Å². The minimum Gasteiger partial charge on any atom is -0.464 e. The van der Waals surface area contributed by atoms with E-state index in [1.807, 2.05) is 0 Å². The number of nitrogens with zero attached hydrogens (tertiary/aromatic N) is 2. The van der Waals surface area contributed by atoms with Crippen molar-refractivity contribution in [1.82, 2.24) is 9.13 Å². The quantitative estimate of drug-likeness (QED) is 0.299. The van der Waals surface area contributed by atoms with Crippen molar-refractivity contribution in [1.29, 1.82) is 0 Å². The normalized spacial score (nSPS) is 17.3. The molecule has 192 valence electrons. The lowest BCUT2D eigenvalue weighted by molar-refractivity contribution is -0.146. The predicted octanol–water partition coefficient (Wildman–Crippen LogP) is 4.19. The van der Waals surface area contributed by atoms with Crippen LogP contribution < -0.4 is 11.2 Å². The van der Waals surface area contributed by atoms with Crippen molar-refractivity contribution in [3.8, 4) is 5.69 Å². The second-order valence-corrected chi connectivity index (χ2v) is 9.66. The number of aromatic nitrogens is 2. The van der Waals surface area contributed by atoms with Gasteiger partial charge in [0.05, 0.1) is 23.9 Å². The molecule has 0 N–H and O–H groups in total. The number of hydrogen-bond acceptors (Lipinski definition) is 6. The molecule has 0 amide bonds. The highest BCUT2D eigenvalue weighted by atomic mass is 35.5. The molecule has 2 atom stereocenters. The van der Waals surface area contributed by atoms with Crippen molar-refractivity contribution < 1.29 is 31.8 Å². The summed E-state index contributed by atoms with van der Waals surface area (Å²) in [7, 11) is 0.824. The number of esters is 1. The fourth-order valence-electron chi connectivity index (χ4n) is 3.58. The molecule has 1 aromatic heterocycles. The number of hydrogen-bond donors (Lipinski definition) is 0. The molecule has 0 aliphatic carbocycles. The van der Waals surface area contributed by atoms with E-state index in [2.05, 4.69) is 0 Å². The molecule has 1 aromatic carbocycles. The van der Waals surface area contributed by atoms with E-state index >= 15 is 0 Å². The Morgan fingerprint density at radius 3 is 2.63 bits per heavy atom. The lowest BCUT2D eigenvalue weighted by Gasteiger charge is -2.23. The lowest BCUT2D eigenvalue weighted by atomic mass is 10.0. The van der Waals surface area contributed by atoms with Crippen LogP contribution in [-0.4, -0.2) is 40.2 Å². The summed E-state index contributed by atoms with van der Waals surface area (Å²) >= 11 is 7.08. The molecule has 0 radical (unpaired) electrons. The Bertz CT molecular complexity index is 1210. The van der Waals surface area contributed by atoms with Gasteiger partial charge in [0.15, 0.2) is 0 Å². The molecule has 3 rings (SSSR count). The number of carbonyl (C=O) groups is 1. The van der Waals surface area contributed by atoms with Crippen molar-refractivity contribution in [3.05, 3.63) is 55.6 Å². The Labute approximate surface area is 207 Å². The van der Waals surface area contributed by atoms with Gasteiger partial charge in [-0.25, -0.2) is 13.8 Å². The Kier molecular flexibility index (Phi) is 8.71. The van der Waals surface area contributed by atoms with Gasteiger partial charge in [-0.1, -0.05) is 18.5 Å². The minimum absolute atomic E-state index is 0.0963. The molecule has 2 unspecified atom stereocenters. The van der Waals surface area contributed by atoms with Crippen LogP contribution in [0.4, 0.5) is 17.6 Å². The lowest BCUT2D eigenvalue weighted by Crippen LogP contribution is -2.41. The van der Waals surface area contributed by atoms with Crippen molar-refractivity contribution in [2.75, 3.05) is 19.8 Å². The van der Waals surface area contributed by atoms with Crippen LogP contribution in [-0.2, 0) is 27.5 Å². The van der Waals surface area contributed by atoms with Crippen LogP contribution in [0, 0.1) is 11.7 Å². The van der Waals surface area contributed by atoms with Crippen LogP contribution in [0.2, 0.25) is 5.02 Å². The first kappa shape index (κ1) is 27.3. The zero-order valence-electron chi connectivity index (χ0n) is 18.9. The summed E-state index contributed by atoms with van der Waals surface area (Å²) in [5.74, 6) is -1.52. The third kappa shape index (κ3) is 6.28. The predicted molar refractivity (Wildman–Crippen MR) is 122 cm³/mol. The van der Waals surface area contributed by atoms with Gasteiger partial charge in [-0.15, -0.1) is 11.8 Å². The second-order valence-electron chi connectivity index (χ2n) is 8.00. The molecule has 1 saturated heterocycles. The maximum absolute atomic E-state index is 14.7. The summed E-state index contributed by atoms with van der Waals surface area (Å²) in [4.78, 5) is 37.7. The van der Waals surface area contributed by atoms with Crippen LogP contribution in [0.3, 0.4) is 0 Å². The number of ether oxygens (including phenoxy) is 2. The van der Waals surface area contributed by atoms with Gasteiger partial charge in [-0.3, -0.25) is 14.2 Å². The third-order valence-corrected chi connectivity index (χ3v) is 7.30. The smallest absolute Gasteiger partial charge is 0.431 e. The van der Waals surface area contributed by atoms with E-state index in [9.17, 15) is 31.9 Å². The largest absolute Gasteiger partial charge is 0.464 e. The summed E-state index contributed by atoms with van der Waals surface area (Å²) in [5.41, 5.74) is -4.80. The molecule has 1 fully saturated rings. The first-order chi connectivity index (χ1) is 16.4. The monoisotopic (exact) mass is 538 g/mol. The van der Waals surface area contributed by atoms with Crippen molar-refractivity contribution in [3.63, 3.8) is 0 Å². The maximum Gasteiger partial charge on any atom is 0.431 e. The maximum atomic E-state index is 14.7. The van der Waals surface area contributed by atoms with E-state index in [0.717, 1.165) is 43.8 Å². The topological polar surface area (TPSA) is 79.5 Å². The zero-order chi connectivity index (χ0) is 25.9. The number of carbonyl (C=O) groups excluding carboxylic acids is 1. The molecular formula is C22H23ClF4N2O5S. The fraction of sp³-hybridized carbons (Fsp3) is 0.500. The van der Waals surface area contributed by atoms with Gasteiger partial charge in [0, 0.05) is 30.5 Å². The summed E-state index contributed by atoms with van der Waals surface area (Å²) < 4.78 is 65.4. The van der Waals surface area contributed by atoms with Gasteiger partial charge in [0.25, 0.3) is 5.56 Å². The van der Waals surface area contributed by atoms with E-state index in [-0.39, 0.29) is 37.6 Å². The number of thioether (sulfide) groups is 1. The Balaban J connectivity index is 1.90. The SMILES string of the molecule is CCC(Sc1cc(-n2c(=O)cc(C(F)(F)F)n(C)c2=O)c(F)cc1Cl)C(=O)OCC1CCCOC1. The first-order valence-electron chi connectivity index (χ1n) is 10.7. The van der Waals surface area contributed by atoms with E-state index < -0.39 is 45.8 Å². The molecule has 2 aromatic rings. The van der Waals surface area contributed by atoms with Gasteiger partial charge in [0.2, 0.25) is 0 Å². The van der Waals surface area contributed by atoms with Gasteiger partial charge in [-0.2, -0.15) is 13.2 Å².